The van der Waals surface area contributed by atoms with E-state index >= 15 is 0 Å². The van der Waals surface area contributed by atoms with Crippen LogP contribution in [0.1, 0.15) is 19.3 Å². The van der Waals surface area contributed by atoms with E-state index in [1.54, 1.807) is 0 Å². The van der Waals surface area contributed by atoms with Gasteiger partial charge in [-0.25, -0.2) is 0 Å². The van der Waals surface area contributed by atoms with Gasteiger partial charge >= 0.3 is 0 Å². The summed E-state index contributed by atoms with van der Waals surface area (Å²) in [6.45, 7) is 2.74. The van der Waals surface area contributed by atoms with Crippen LogP contribution in [0.25, 0.3) is 0 Å². The maximum atomic E-state index is 9.22. The highest BCUT2D eigenvalue weighted by atomic mass is 16.7. The van der Waals surface area contributed by atoms with Gasteiger partial charge in [-0.1, -0.05) is 0 Å². The van der Waals surface area contributed by atoms with Crippen molar-refractivity contribution in [3.05, 3.63) is 0 Å². The summed E-state index contributed by atoms with van der Waals surface area (Å²) < 4.78 is 5.57. The number of nitrogens with zero attached hydrogens (tertiary/aromatic N) is 1. The minimum absolute atomic E-state index is 0.305. The average molecular weight is 187 g/mol. The molecular formula is C9H17NO3. The lowest BCUT2D eigenvalue weighted by molar-refractivity contribution is -0.141. The molecule has 1 unspecified atom stereocenters. The molecule has 0 spiro atoms. The first-order chi connectivity index (χ1) is 6.34. The molecule has 2 atom stereocenters. The van der Waals surface area contributed by atoms with Gasteiger partial charge in [-0.05, 0) is 19.3 Å². The van der Waals surface area contributed by atoms with Gasteiger partial charge in [0.25, 0.3) is 0 Å². The molecule has 4 heteroatoms. The quantitative estimate of drug-likeness (QED) is 0.669. The monoisotopic (exact) mass is 187 g/mol. The third kappa shape index (κ3) is 2.64. The van der Waals surface area contributed by atoms with Crippen molar-refractivity contribution in [3.63, 3.8) is 0 Å². The maximum Gasteiger partial charge on any atom is 0.0958 e. The molecule has 0 aliphatic carbocycles. The number of rotatable bonds is 2. The van der Waals surface area contributed by atoms with Crippen molar-refractivity contribution in [2.24, 2.45) is 0 Å². The molecule has 0 saturated carbocycles. The summed E-state index contributed by atoms with van der Waals surface area (Å²) >= 11 is 0. The van der Waals surface area contributed by atoms with E-state index in [1.807, 2.05) is 5.06 Å². The van der Waals surface area contributed by atoms with Crippen molar-refractivity contribution in [1.29, 1.82) is 0 Å². The van der Waals surface area contributed by atoms with E-state index in [-0.39, 0.29) is 6.10 Å². The van der Waals surface area contributed by atoms with Gasteiger partial charge in [-0.2, -0.15) is 5.06 Å². The molecule has 76 valence electrons. The Balaban J connectivity index is 1.71. The summed E-state index contributed by atoms with van der Waals surface area (Å²) in [5.74, 6) is 0. The molecule has 1 N–H and O–H groups in total. The van der Waals surface area contributed by atoms with Crippen LogP contribution in [0.3, 0.4) is 0 Å². The SMILES string of the molecule is O[C@@H]1CON(CC2CCCCO2)C1. The molecular weight excluding hydrogens is 170 g/mol. The molecule has 0 aromatic carbocycles. The summed E-state index contributed by atoms with van der Waals surface area (Å²) in [4.78, 5) is 5.27. The van der Waals surface area contributed by atoms with Crippen LogP contribution in [-0.4, -0.2) is 48.7 Å². The molecule has 0 aromatic heterocycles. The van der Waals surface area contributed by atoms with Crippen molar-refractivity contribution in [3.8, 4) is 0 Å². The summed E-state index contributed by atoms with van der Waals surface area (Å²) in [5.41, 5.74) is 0. The lowest BCUT2D eigenvalue weighted by atomic mass is 10.1. The van der Waals surface area contributed by atoms with E-state index in [2.05, 4.69) is 0 Å². The second-order valence-corrected chi connectivity index (χ2v) is 3.79. The molecule has 2 heterocycles. The molecule has 2 fully saturated rings. The van der Waals surface area contributed by atoms with Crippen LogP contribution in [0, 0.1) is 0 Å². The second-order valence-electron chi connectivity index (χ2n) is 3.79. The fourth-order valence-corrected chi connectivity index (χ4v) is 1.84. The third-order valence-corrected chi connectivity index (χ3v) is 2.55. The summed E-state index contributed by atoms with van der Waals surface area (Å²) in [5, 5.41) is 11.0. The Hall–Kier alpha value is -0.160. The second kappa shape index (κ2) is 4.37. The molecule has 2 rings (SSSR count). The zero-order valence-corrected chi connectivity index (χ0v) is 7.82. The molecule has 0 radical (unpaired) electrons. The van der Waals surface area contributed by atoms with Crippen molar-refractivity contribution in [1.82, 2.24) is 5.06 Å². The summed E-state index contributed by atoms with van der Waals surface area (Å²) in [6, 6.07) is 0. The first kappa shape index (κ1) is 9.40. The van der Waals surface area contributed by atoms with E-state index < -0.39 is 0 Å². The topological polar surface area (TPSA) is 41.9 Å². The first-order valence-corrected chi connectivity index (χ1v) is 5.02. The van der Waals surface area contributed by atoms with Crippen molar-refractivity contribution in [2.75, 3.05) is 26.3 Å². The van der Waals surface area contributed by atoms with Gasteiger partial charge in [0.1, 0.15) is 0 Å². The average Bonchev–Trinajstić information content (AvgIpc) is 2.53. The highest BCUT2D eigenvalue weighted by Gasteiger charge is 2.25. The smallest absolute Gasteiger partial charge is 0.0958 e. The van der Waals surface area contributed by atoms with E-state index in [0.717, 1.165) is 19.6 Å². The Morgan fingerprint density at radius 2 is 2.31 bits per heavy atom. The van der Waals surface area contributed by atoms with E-state index in [0.29, 0.717) is 19.3 Å². The van der Waals surface area contributed by atoms with Gasteiger partial charge in [-0.3, -0.25) is 4.84 Å². The number of aliphatic hydroxyl groups is 1. The van der Waals surface area contributed by atoms with Crippen LogP contribution in [0.2, 0.25) is 0 Å². The number of hydroxylamine groups is 2. The number of hydrogen-bond donors (Lipinski definition) is 1. The Kier molecular flexibility index (Phi) is 3.16. The normalized spacial score (nSPS) is 36.7. The predicted octanol–water partition coefficient (Wildman–Crippen LogP) is 0.164. The number of ether oxygens (including phenoxy) is 1. The van der Waals surface area contributed by atoms with Crippen molar-refractivity contribution in [2.45, 2.75) is 31.5 Å². The highest BCUT2D eigenvalue weighted by Crippen LogP contribution is 2.15. The lowest BCUT2D eigenvalue weighted by Crippen LogP contribution is -2.34. The van der Waals surface area contributed by atoms with Gasteiger partial charge in [0.05, 0.1) is 31.9 Å². The Bertz CT molecular complexity index is 156. The predicted molar refractivity (Wildman–Crippen MR) is 47.1 cm³/mol. The van der Waals surface area contributed by atoms with Crippen LogP contribution in [-0.2, 0) is 9.57 Å². The fourth-order valence-electron chi connectivity index (χ4n) is 1.84. The van der Waals surface area contributed by atoms with Crippen molar-refractivity contribution < 1.29 is 14.7 Å². The van der Waals surface area contributed by atoms with Crippen LogP contribution < -0.4 is 0 Å². The largest absolute Gasteiger partial charge is 0.389 e. The van der Waals surface area contributed by atoms with Gasteiger partial charge in [-0.15, -0.1) is 0 Å². The molecule has 13 heavy (non-hydrogen) atoms. The minimum atomic E-state index is -0.316. The van der Waals surface area contributed by atoms with E-state index in [4.69, 9.17) is 9.57 Å². The first-order valence-electron chi connectivity index (χ1n) is 5.02. The number of β-amino-alcohol motifs (C(OH)–C–C–N with tert-alkyl or cyclic N) is 1. The molecule has 2 aliphatic rings. The Labute approximate surface area is 78.4 Å². The minimum Gasteiger partial charge on any atom is -0.389 e. The zero-order valence-electron chi connectivity index (χ0n) is 7.82. The highest BCUT2D eigenvalue weighted by molar-refractivity contribution is 4.70. The van der Waals surface area contributed by atoms with Crippen LogP contribution >= 0.6 is 0 Å². The molecule has 2 aliphatic heterocycles. The number of hydrogen-bond acceptors (Lipinski definition) is 4. The van der Waals surface area contributed by atoms with Crippen LogP contribution in [0.15, 0.2) is 0 Å². The zero-order chi connectivity index (χ0) is 9.10. The van der Waals surface area contributed by atoms with Crippen LogP contribution in [0.4, 0.5) is 0 Å². The molecule has 4 nitrogen and oxygen atoms in total. The summed E-state index contributed by atoms with van der Waals surface area (Å²) in [7, 11) is 0. The standard InChI is InChI=1S/C9H17NO3/c11-8-5-10(13-7-8)6-9-3-1-2-4-12-9/h8-9,11H,1-7H2/t8-,9?/m0/s1. The summed E-state index contributed by atoms with van der Waals surface area (Å²) in [6.07, 6.45) is 3.54. The van der Waals surface area contributed by atoms with Gasteiger partial charge < -0.3 is 9.84 Å². The van der Waals surface area contributed by atoms with Gasteiger partial charge in [0, 0.05) is 6.61 Å². The van der Waals surface area contributed by atoms with Gasteiger partial charge in [0.2, 0.25) is 0 Å². The lowest BCUT2D eigenvalue weighted by Gasteiger charge is -2.25. The third-order valence-electron chi connectivity index (χ3n) is 2.55. The molecule has 0 aromatic rings. The van der Waals surface area contributed by atoms with Crippen molar-refractivity contribution >= 4 is 0 Å². The van der Waals surface area contributed by atoms with E-state index in [9.17, 15) is 5.11 Å². The molecule has 2 saturated heterocycles. The maximum absolute atomic E-state index is 9.22. The Morgan fingerprint density at radius 1 is 1.38 bits per heavy atom. The van der Waals surface area contributed by atoms with E-state index in [1.165, 1.54) is 12.8 Å². The van der Waals surface area contributed by atoms with Gasteiger partial charge in [0.15, 0.2) is 0 Å². The van der Waals surface area contributed by atoms with Crippen LogP contribution in [0.5, 0.6) is 0 Å². The molecule has 0 amide bonds. The Morgan fingerprint density at radius 3 is 2.92 bits per heavy atom. The number of aliphatic hydroxyl groups excluding tert-OH is 1. The fraction of sp³-hybridized carbons (Fsp3) is 1.00. The molecule has 0 bridgehead atoms.